The maximum atomic E-state index is 11.7. The molecule has 1 N–H and O–H groups in total. The lowest BCUT2D eigenvalue weighted by molar-refractivity contribution is -0.384. The van der Waals surface area contributed by atoms with E-state index in [0.717, 1.165) is 45.7 Å². The Kier molecular flexibility index (Phi) is 7.62. The fourth-order valence-corrected chi connectivity index (χ4v) is 2.67. The van der Waals surface area contributed by atoms with Crippen molar-refractivity contribution in [3.63, 3.8) is 0 Å². The van der Waals surface area contributed by atoms with Crippen LogP contribution >= 0.6 is 0 Å². The van der Waals surface area contributed by atoms with Crippen LogP contribution in [0.4, 0.5) is 5.69 Å². The fourth-order valence-electron chi connectivity index (χ4n) is 2.67. The first kappa shape index (κ1) is 19.1. The Labute approximate surface area is 147 Å². The van der Waals surface area contributed by atoms with E-state index in [4.69, 9.17) is 4.74 Å². The van der Waals surface area contributed by atoms with E-state index in [1.165, 1.54) is 12.1 Å². The van der Waals surface area contributed by atoms with Gasteiger partial charge in [0.1, 0.15) is 12.4 Å². The summed E-state index contributed by atoms with van der Waals surface area (Å²) in [5.74, 6) is 0.602. The third-order valence-corrected chi connectivity index (χ3v) is 4.11. The van der Waals surface area contributed by atoms with Crippen LogP contribution in [0.3, 0.4) is 0 Å². The zero-order chi connectivity index (χ0) is 18.1. The summed E-state index contributed by atoms with van der Waals surface area (Å²) < 4.78 is 5.61. The van der Waals surface area contributed by atoms with Crippen LogP contribution in [-0.4, -0.2) is 73.1 Å². The Morgan fingerprint density at radius 2 is 2.00 bits per heavy atom. The second-order valence-electron chi connectivity index (χ2n) is 6.07. The maximum absolute atomic E-state index is 11.7. The quantitative estimate of drug-likeness (QED) is 0.530. The van der Waals surface area contributed by atoms with Gasteiger partial charge in [0.25, 0.3) is 5.69 Å². The smallest absolute Gasteiger partial charge is 0.273 e. The minimum Gasteiger partial charge on any atom is -0.492 e. The maximum Gasteiger partial charge on any atom is 0.273 e. The van der Waals surface area contributed by atoms with Crippen molar-refractivity contribution in [3.05, 3.63) is 34.4 Å². The summed E-state index contributed by atoms with van der Waals surface area (Å²) in [6.45, 7) is 7.96. The largest absolute Gasteiger partial charge is 0.492 e. The first-order valence-corrected chi connectivity index (χ1v) is 8.67. The van der Waals surface area contributed by atoms with Gasteiger partial charge in [-0.2, -0.15) is 0 Å². The van der Waals surface area contributed by atoms with Gasteiger partial charge in [-0.25, -0.2) is 0 Å². The Morgan fingerprint density at radius 3 is 2.68 bits per heavy atom. The van der Waals surface area contributed by atoms with Crippen molar-refractivity contribution >= 4 is 11.6 Å². The highest BCUT2D eigenvalue weighted by molar-refractivity contribution is 5.77. The summed E-state index contributed by atoms with van der Waals surface area (Å²) in [6, 6.07) is 6.23. The average Bonchev–Trinajstić information content (AvgIpc) is 2.61. The third-order valence-electron chi connectivity index (χ3n) is 4.11. The van der Waals surface area contributed by atoms with Crippen LogP contribution < -0.4 is 10.1 Å². The molecule has 1 amide bonds. The summed E-state index contributed by atoms with van der Waals surface area (Å²) in [7, 11) is 0. The van der Waals surface area contributed by atoms with Crippen LogP contribution in [0.5, 0.6) is 5.75 Å². The molecule has 0 atom stereocenters. The SMILES string of the molecule is CCCNC(=O)CN1CCN(CCOc2cccc([N+](=O)[O-])c2)CC1. The molecule has 0 bridgehead atoms. The summed E-state index contributed by atoms with van der Waals surface area (Å²) >= 11 is 0. The predicted molar refractivity (Wildman–Crippen MR) is 94.8 cm³/mol. The van der Waals surface area contributed by atoms with Crippen molar-refractivity contribution in [3.8, 4) is 5.75 Å². The number of nitrogens with zero attached hydrogens (tertiary/aromatic N) is 3. The number of non-ortho nitro benzene ring substituents is 1. The lowest BCUT2D eigenvalue weighted by Crippen LogP contribution is -2.50. The summed E-state index contributed by atoms with van der Waals surface area (Å²) in [6.07, 6.45) is 0.949. The van der Waals surface area contributed by atoms with Crippen LogP contribution in [0.2, 0.25) is 0 Å². The zero-order valence-electron chi connectivity index (χ0n) is 14.6. The summed E-state index contributed by atoms with van der Waals surface area (Å²) in [4.78, 5) is 26.5. The molecule has 0 radical (unpaired) electrons. The van der Waals surface area contributed by atoms with E-state index in [0.29, 0.717) is 18.9 Å². The molecule has 0 aliphatic carbocycles. The predicted octanol–water partition coefficient (Wildman–Crippen LogP) is 1.12. The zero-order valence-corrected chi connectivity index (χ0v) is 14.6. The van der Waals surface area contributed by atoms with Crippen molar-refractivity contribution in [1.29, 1.82) is 0 Å². The van der Waals surface area contributed by atoms with Gasteiger partial charge in [-0.15, -0.1) is 0 Å². The third kappa shape index (κ3) is 6.67. The molecule has 1 aromatic carbocycles. The summed E-state index contributed by atoms with van der Waals surface area (Å²) in [5.41, 5.74) is 0.0347. The molecule has 1 aliphatic rings. The molecule has 1 fully saturated rings. The molecule has 1 aromatic rings. The lowest BCUT2D eigenvalue weighted by Gasteiger charge is -2.34. The van der Waals surface area contributed by atoms with Gasteiger partial charge in [0.2, 0.25) is 5.91 Å². The van der Waals surface area contributed by atoms with Gasteiger partial charge in [-0.05, 0) is 12.5 Å². The van der Waals surface area contributed by atoms with E-state index >= 15 is 0 Å². The Morgan fingerprint density at radius 1 is 1.28 bits per heavy atom. The van der Waals surface area contributed by atoms with Crippen molar-refractivity contribution in [2.45, 2.75) is 13.3 Å². The van der Waals surface area contributed by atoms with E-state index < -0.39 is 4.92 Å². The molecule has 1 saturated heterocycles. The number of amides is 1. The molecule has 2 rings (SSSR count). The Balaban J connectivity index is 1.64. The van der Waals surface area contributed by atoms with Gasteiger partial charge < -0.3 is 10.1 Å². The molecule has 1 aliphatic heterocycles. The lowest BCUT2D eigenvalue weighted by atomic mass is 10.3. The first-order valence-electron chi connectivity index (χ1n) is 8.67. The number of hydrogen-bond donors (Lipinski definition) is 1. The number of benzene rings is 1. The molecule has 138 valence electrons. The van der Waals surface area contributed by atoms with Crippen molar-refractivity contribution in [2.24, 2.45) is 0 Å². The van der Waals surface area contributed by atoms with Gasteiger partial charge in [-0.3, -0.25) is 24.7 Å². The van der Waals surface area contributed by atoms with Gasteiger partial charge in [0.05, 0.1) is 17.5 Å². The number of nitrogens with one attached hydrogen (secondary N) is 1. The van der Waals surface area contributed by atoms with Gasteiger partial charge >= 0.3 is 0 Å². The fraction of sp³-hybridized carbons (Fsp3) is 0.588. The van der Waals surface area contributed by atoms with E-state index in [1.807, 2.05) is 6.92 Å². The highest BCUT2D eigenvalue weighted by Gasteiger charge is 2.18. The van der Waals surface area contributed by atoms with Crippen LogP contribution in [-0.2, 0) is 4.79 Å². The highest BCUT2D eigenvalue weighted by Crippen LogP contribution is 2.19. The van der Waals surface area contributed by atoms with Gasteiger partial charge in [0.15, 0.2) is 0 Å². The molecule has 0 spiro atoms. The van der Waals surface area contributed by atoms with E-state index in [2.05, 4.69) is 15.1 Å². The second kappa shape index (κ2) is 9.95. The number of nitro groups is 1. The van der Waals surface area contributed by atoms with Crippen LogP contribution in [0.15, 0.2) is 24.3 Å². The number of carbonyl (C=O) groups is 1. The van der Waals surface area contributed by atoms with Crippen molar-refractivity contribution in [2.75, 3.05) is 52.4 Å². The van der Waals surface area contributed by atoms with Gasteiger partial charge in [-0.1, -0.05) is 13.0 Å². The molecule has 0 unspecified atom stereocenters. The number of carbonyl (C=O) groups excluding carboxylic acids is 1. The van der Waals surface area contributed by atoms with Crippen LogP contribution in [0.25, 0.3) is 0 Å². The molecule has 8 heteroatoms. The first-order chi connectivity index (χ1) is 12.1. The topological polar surface area (TPSA) is 88.0 Å². The Bertz CT molecular complexity index is 574. The monoisotopic (exact) mass is 350 g/mol. The Hall–Kier alpha value is -2.19. The number of hydrogen-bond acceptors (Lipinski definition) is 6. The standard InChI is InChI=1S/C17H26N4O4/c1-2-6-18-17(22)14-20-9-7-19(8-10-20)11-12-25-16-5-3-4-15(13-16)21(23)24/h3-5,13H,2,6-12,14H2,1H3,(H,18,22). The average molecular weight is 350 g/mol. The number of ether oxygens (including phenoxy) is 1. The molecule has 1 heterocycles. The molecule has 25 heavy (non-hydrogen) atoms. The highest BCUT2D eigenvalue weighted by atomic mass is 16.6. The van der Waals surface area contributed by atoms with Gasteiger partial charge in [0, 0.05) is 45.3 Å². The molecule has 0 saturated carbocycles. The van der Waals surface area contributed by atoms with Crippen LogP contribution in [0, 0.1) is 10.1 Å². The van der Waals surface area contributed by atoms with Crippen LogP contribution in [0.1, 0.15) is 13.3 Å². The van der Waals surface area contributed by atoms with E-state index in [9.17, 15) is 14.9 Å². The van der Waals surface area contributed by atoms with Crippen molar-refractivity contribution in [1.82, 2.24) is 15.1 Å². The number of piperazine rings is 1. The summed E-state index contributed by atoms with van der Waals surface area (Å²) in [5, 5.41) is 13.6. The molecular weight excluding hydrogens is 324 g/mol. The molecule has 8 nitrogen and oxygen atoms in total. The van der Waals surface area contributed by atoms with E-state index in [-0.39, 0.29) is 11.6 Å². The second-order valence-corrected chi connectivity index (χ2v) is 6.07. The number of rotatable bonds is 9. The minimum absolute atomic E-state index is 0.0347. The normalized spacial score (nSPS) is 15.7. The van der Waals surface area contributed by atoms with Crippen molar-refractivity contribution < 1.29 is 14.5 Å². The number of nitro benzene ring substituents is 1. The van der Waals surface area contributed by atoms with E-state index in [1.54, 1.807) is 12.1 Å². The minimum atomic E-state index is -0.428. The molecule has 0 aromatic heterocycles. The molecular formula is C17H26N4O4.